The molecule has 55 heavy (non-hydrogen) atoms. The summed E-state index contributed by atoms with van der Waals surface area (Å²) in [6, 6.07) is 22.2. The van der Waals surface area contributed by atoms with Crippen LogP contribution >= 0.6 is 0 Å². The van der Waals surface area contributed by atoms with Crippen LogP contribution in [0.4, 0.5) is 16.3 Å². The van der Waals surface area contributed by atoms with Gasteiger partial charge in [0.1, 0.15) is 29.3 Å². The van der Waals surface area contributed by atoms with E-state index < -0.39 is 23.8 Å². The highest BCUT2D eigenvalue weighted by atomic mass is 16.5. The van der Waals surface area contributed by atoms with Crippen molar-refractivity contribution < 1.29 is 23.9 Å². The van der Waals surface area contributed by atoms with Crippen LogP contribution in [-0.4, -0.2) is 97.7 Å². The number of hydrogen-bond donors (Lipinski definition) is 2. The summed E-state index contributed by atoms with van der Waals surface area (Å²) in [4.78, 5) is 64.8. The molecule has 3 fully saturated rings. The van der Waals surface area contributed by atoms with E-state index in [2.05, 4.69) is 25.1 Å². The molecule has 15 heteroatoms. The molecule has 0 saturated carbocycles. The molecule has 9 rings (SSSR count). The monoisotopic (exact) mass is 740 g/mol. The average molecular weight is 741 g/mol. The Balaban J connectivity index is 0.829. The number of aromatic nitrogens is 4. The van der Waals surface area contributed by atoms with Crippen LogP contribution in [0.3, 0.4) is 0 Å². The number of rotatable bonds is 8. The Bertz CT molecular complexity index is 2300. The number of likely N-dealkylation sites (tertiary alicyclic amines) is 1. The van der Waals surface area contributed by atoms with Gasteiger partial charge in [0, 0.05) is 44.7 Å². The topological polar surface area (TPSA) is 172 Å². The van der Waals surface area contributed by atoms with Crippen LogP contribution in [0.5, 0.6) is 11.5 Å². The van der Waals surface area contributed by atoms with Gasteiger partial charge >= 0.3 is 6.03 Å². The largest absolute Gasteiger partial charge is 0.457 e. The van der Waals surface area contributed by atoms with Gasteiger partial charge < -0.3 is 20.3 Å². The van der Waals surface area contributed by atoms with E-state index >= 15 is 0 Å². The molecule has 0 atom stereocenters. The first-order valence-corrected chi connectivity index (χ1v) is 18.7. The lowest BCUT2D eigenvalue weighted by molar-refractivity contribution is -0.122. The predicted octanol–water partition coefficient (Wildman–Crippen LogP) is 4.87. The molecule has 2 aromatic heterocycles. The fraction of sp³-hybridized carbons (Fsp3) is 0.325. The minimum Gasteiger partial charge on any atom is -0.457 e. The van der Waals surface area contributed by atoms with Crippen LogP contribution in [0.25, 0.3) is 22.3 Å². The number of hydrazine groups is 1. The Hall–Kier alpha value is -6.35. The van der Waals surface area contributed by atoms with Crippen molar-refractivity contribution in [1.29, 1.82) is 0 Å². The second kappa shape index (κ2) is 14.1. The van der Waals surface area contributed by atoms with E-state index in [4.69, 9.17) is 15.6 Å². The number of ether oxygens (including phenoxy) is 1. The van der Waals surface area contributed by atoms with Crippen molar-refractivity contribution in [3.05, 3.63) is 90.3 Å². The molecule has 0 aliphatic carbocycles. The maximum atomic E-state index is 13.6. The molecule has 3 N–H and O–H groups in total. The lowest BCUT2D eigenvalue weighted by Crippen LogP contribution is -2.58. The molecule has 6 heterocycles. The third kappa shape index (κ3) is 6.39. The van der Waals surface area contributed by atoms with E-state index in [1.54, 1.807) is 12.1 Å². The molecule has 0 bridgehead atoms. The smallest absolute Gasteiger partial charge is 0.343 e. The Kier molecular flexibility index (Phi) is 8.85. The number of carbonyl (C=O) groups excluding carboxylic acids is 4. The summed E-state index contributed by atoms with van der Waals surface area (Å²) >= 11 is 0. The molecule has 3 aromatic carbocycles. The number of amides is 5. The highest BCUT2D eigenvalue weighted by molar-refractivity contribution is 6.24. The summed E-state index contributed by atoms with van der Waals surface area (Å²) in [5, 5.41) is 9.95. The van der Waals surface area contributed by atoms with Crippen molar-refractivity contribution in [2.45, 2.75) is 38.1 Å². The molecule has 0 spiro atoms. The van der Waals surface area contributed by atoms with E-state index in [0.717, 1.165) is 102 Å². The fourth-order valence-corrected chi connectivity index (χ4v) is 8.31. The number of benzene rings is 3. The van der Waals surface area contributed by atoms with Gasteiger partial charge in [-0.05, 0) is 80.1 Å². The van der Waals surface area contributed by atoms with E-state index in [-0.39, 0.29) is 24.6 Å². The molecule has 4 aliphatic heterocycles. The van der Waals surface area contributed by atoms with Crippen molar-refractivity contribution in [1.82, 2.24) is 40.0 Å². The number of carbonyl (C=O) groups is 4. The van der Waals surface area contributed by atoms with Crippen LogP contribution in [0.2, 0.25) is 0 Å². The van der Waals surface area contributed by atoms with E-state index in [1.807, 2.05) is 65.3 Å². The van der Waals surface area contributed by atoms with Crippen LogP contribution < -0.4 is 20.7 Å². The molecule has 15 nitrogen and oxygen atoms in total. The number of urea groups is 1. The number of nitrogens with zero attached hydrogens (tertiary/aromatic N) is 8. The summed E-state index contributed by atoms with van der Waals surface area (Å²) in [6.45, 7) is 4.32. The molecule has 0 radical (unpaired) electrons. The maximum Gasteiger partial charge on any atom is 0.343 e. The zero-order valence-electron chi connectivity index (χ0n) is 30.1. The molecule has 280 valence electrons. The Morgan fingerprint density at radius 1 is 0.782 bits per heavy atom. The zero-order valence-corrected chi connectivity index (χ0v) is 30.1. The summed E-state index contributed by atoms with van der Waals surface area (Å²) in [7, 11) is 0. The second-order valence-electron chi connectivity index (χ2n) is 14.5. The zero-order chi connectivity index (χ0) is 37.6. The summed E-state index contributed by atoms with van der Waals surface area (Å²) in [5.74, 6) is 0.873. The van der Waals surface area contributed by atoms with Gasteiger partial charge in [-0.25, -0.2) is 24.5 Å². The van der Waals surface area contributed by atoms with E-state index in [9.17, 15) is 19.2 Å². The van der Waals surface area contributed by atoms with Gasteiger partial charge in [0.15, 0.2) is 5.65 Å². The fourth-order valence-electron chi connectivity index (χ4n) is 8.31. The van der Waals surface area contributed by atoms with Gasteiger partial charge in [-0.2, -0.15) is 10.1 Å². The first-order valence-electron chi connectivity index (χ1n) is 18.7. The standard InChI is InChI=1S/C40H40N10O5/c41-36-34-35(26-9-11-29(12-10-26)55-28-5-2-1-3-6-28)45-49(37(34)43-24-42-36)27-15-18-46(19-16-27)23-25-13-20-47(21-14-25)31-8-4-7-30-33(31)39(53)50(38(30)52)48-22-17-32(51)44-40(48)54/h1-12,24-25,27H,13-23H2,(H2,41,42,43)(H,44,51,54). The first kappa shape index (κ1) is 34.4. The number of nitrogens with two attached hydrogens (primary N) is 1. The molecular weight excluding hydrogens is 701 g/mol. The summed E-state index contributed by atoms with van der Waals surface area (Å²) < 4.78 is 8.03. The lowest BCUT2D eigenvalue weighted by Gasteiger charge is -2.38. The summed E-state index contributed by atoms with van der Waals surface area (Å²) in [6.07, 6.45) is 5.27. The summed E-state index contributed by atoms with van der Waals surface area (Å²) in [5.41, 5.74) is 10.1. The van der Waals surface area contributed by atoms with Crippen molar-refractivity contribution >= 4 is 46.3 Å². The van der Waals surface area contributed by atoms with Crippen molar-refractivity contribution in [2.75, 3.05) is 49.9 Å². The van der Waals surface area contributed by atoms with E-state index in [1.165, 1.54) is 6.33 Å². The van der Waals surface area contributed by atoms with Crippen molar-refractivity contribution in [3.8, 4) is 22.8 Å². The van der Waals surface area contributed by atoms with Crippen LogP contribution in [0, 0.1) is 5.92 Å². The van der Waals surface area contributed by atoms with Gasteiger partial charge in [-0.1, -0.05) is 24.3 Å². The Morgan fingerprint density at radius 2 is 1.53 bits per heavy atom. The van der Waals surface area contributed by atoms with E-state index in [0.29, 0.717) is 23.0 Å². The third-order valence-electron chi connectivity index (χ3n) is 11.1. The van der Waals surface area contributed by atoms with Crippen LogP contribution in [0.15, 0.2) is 79.1 Å². The van der Waals surface area contributed by atoms with Gasteiger partial charge in [0.25, 0.3) is 11.8 Å². The van der Waals surface area contributed by atoms with Crippen molar-refractivity contribution in [3.63, 3.8) is 0 Å². The molecular formula is C40H40N10O5. The molecule has 5 aromatic rings. The predicted molar refractivity (Wildman–Crippen MR) is 203 cm³/mol. The lowest BCUT2D eigenvalue weighted by atomic mass is 9.93. The van der Waals surface area contributed by atoms with Gasteiger partial charge in [0.2, 0.25) is 5.91 Å². The number of fused-ring (bicyclic) bond motifs is 2. The first-order chi connectivity index (χ1) is 26.8. The quantitative estimate of drug-likeness (QED) is 0.208. The van der Waals surface area contributed by atoms with Gasteiger partial charge in [0.05, 0.1) is 34.8 Å². The molecule has 3 saturated heterocycles. The minimum absolute atomic E-state index is 0.0178. The highest BCUT2D eigenvalue weighted by Gasteiger charge is 2.45. The normalized spacial score (nSPS) is 18.7. The Labute approximate surface area is 316 Å². The molecule has 4 aliphatic rings. The van der Waals surface area contributed by atoms with Crippen LogP contribution in [0.1, 0.15) is 58.9 Å². The third-order valence-corrected chi connectivity index (χ3v) is 11.1. The number of nitrogen functional groups attached to an aromatic ring is 1. The number of imide groups is 2. The Morgan fingerprint density at radius 3 is 2.27 bits per heavy atom. The van der Waals surface area contributed by atoms with Gasteiger partial charge in [-0.3, -0.25) is 19.7 Å². The SMILES string of the molecule is Nc1ncnc2c1c(-c1ccc(Oc3ccccc3)cc1)nn2C1CCN(CC2CCN(c3cccc4c3C(=O)N(N3CCC(=O)NC3=O)C4=O)CC2)CC1. The average Bonchev–Trinajstić information content (AvgIpc) is 3.72. The molecule has 0 unspecified atom stereocenters. The van der Waals surface area contributed by atoms with Crippen LogP contribution in [-0.2, 0) is 4.79 Å². The minimum atomic E-state index is -0.769. The number of piperidine rings is 2. The maximum absolute atomic E-state index is 13.6. The van der Waals surface area contributed by atoms with Gasteiger partial charge in [-0.15, -0.1) is 0 Å². The molecule has 5 amide bonds. The second-order valence-corrected chi connectivity index (χ2v) is 14.5. The highest BCUT2D eigenvalue weighted by Crippen LogP contribution is 2.37. The number of anilines is 2. The number of nitrogens with one attached hydrogen (secondary N) is 1. The van der Waals surface area contributed by atoms with Crippen molar-refractivity contribution in [2.24, 2.45) is 5.92 Å². The number of hydrogen-bond acceptors (Lipinski definition) is 11. The number of para-hydroxylation sites is 1.